The van der Waals surface area contributed by atoms with E-state index in [1.807, 2.05) is 30.3 Å². The lowest BCUT2D eigenvalue weighted by Crippen LogP contribution is -2.12. The molecule has 0 saturated carbocycles. The third-order valence-electron chi connectivity index (χ3n) is 4.94. The van der Waals surface area contributed by atoms with E-state index in [2.05, 4.69) is 15.9 Å². The zero-order chi connectivity index (χ0) is 25.5. The number of Topliss-reactive ketones (excluding diaryl/α,β-unsaturated/α-hetero) is 1. The lowest BCUT2D eigenvalue weighted by Gasteiger charge is -2.05. The summed E-state index contributed by atoms with van der Waals surface area (Å²) in [6.45, 7) is 5.26. The van der Waals surface area contributed by atoms with Gasteiger partial charge in [-0.15, -0.1) is 11.3 Å². The van der Waals surface area contributed by atoms with Gasteiger partial charge >= 0.3 is 11.9 Å². The predicted octanol–water partition coefficient (Wildman–Crippen LogP) is 6.15. The lowest BCUT2D eigenvalue weighted by molar-refractivity contribution is -0.114. The fraction of sp³-hybridized carbons (Fsp3) is 0.231. The van der Waals surface area contributed by atoms with E-state index in [0.29, 0.717) is 22.0 Å². The number of hydrogen-bond acceptors (Lipinski definition) is 8. The van der Waals surface area contributed by atoms with E-state index in [4.69, 9.17) is 13.9 Å². The van der Waals surface area contributed by atoms with Crippen LogP contribution in [0.4, 0.5) is 0 Å². The molecule has 1 aromatic carbocycles. The van der Waals surface area contributed by atoms with Crippen LogP contribution in [-0.2, 0) is 20.7 Å². The number of nitrogens with zero attached hydrogens (tertiary/aromatic N) is 1. The van der Waals surface area contributed by atoms with Crippen LogP contribution in [-0.4, -0.2) is 30.9 Å². The number of esters is 2. The number of hydrogen-bond donors (Lipinski definition) is 0. The number of nitriles is 1. The maximum Gasteiger partial charge on any atom is 0.348 e. The van der Waals surface area contributed by atoms with Crippen LogP contribution in [0, 0.1) is 18.3 Å². The van der Waals surface area contributed by atoms with Crippen molar-refractivity contribution in [2.75, 3.05) is 13.2 Å². The summed E-state index contributed by atoms with van der Waals surface area (Å²) in [6.07, 6.45) is 1.11. The first-order valence-corrected chi connectivity index (χ1v) is 12.4. The number of rotatable bonds is 9. The zero-order valence-corrected chi connectivity index (χ0v) is 21.7. The highest BCUT2D eigenvalue weighted by Crippen LogP contribution is 2.31. The molecule has 0 spiro atoms. The molecule has 2 heterocycles. The number of allylic oxidation sites excluding steroid dienone is 1. The molecule has 0 bridgehead atoms. The molecule has 7 nitrogen and oxygen atoms in total. The van der Waals surface area contributed by atoms with E-state index in [-0.39, 0.29) is 35.6 Å². The van der Waals surface area contributed by atoms with Crippen LogP contribution >= 0.6 is 27.3 Å². The molecule has 0 aliphatic heterocycles. The summed E-state index contributed by atoms with van der Waals surface area (Å²) in [6, 6.07) is 12.8. The van der Waals surface area contributed by atoms with Crippen LogP contribution in [0.15, 0.2) is 50.9 Å². The SMILES string of the molecule is CCOC(=O)c1sc(CC(=O)/C(C#N)=C/c2ccc(-c3ccc(Br)cc3)o2)c(C(=O)OCC)c1C. The van der Waals surface area contributed by atoms with Gasteiger partial charge in [-0.2, -0.15) is 5.26 Å². The summed E-state index contributed by atoms with van der Waals surface area (Å²) in [5, 5.41) is 9.62. The molecule has 0 aliphatic rings. The van der Waals surface area contributed by atoms with Crippen molar-refractivity contribution in [3.8, 4) is 17.4 Å². The highest BCUT2D eigenvalue weighted by molar-refractivity contribution is 9.10. The number of carbonyl (C=O) groups is 3. The second-order valence-corrected chi connectivity index (χ2v) is 9.29. The molecule has 0 N–H and O–H groups in total. The maximum atomic E-state index is 13.0. The van der Waals surface area contributed by atoms with Gasteiger partial charge in [-0.25, -0.2) is 9.59 Å². The quantitative estimate of drug-likeness (QED) is 0.177. The van der Waals surface area contributed by atoms with Gasteiger partial charge in [-0.1, -0.05) is 28.1 Å². The topological polar surface area (TPSA) is 107 Å². The monoisotopic (exact) mass is 555 g/mol. The van der Waals surface area contributed by atoms with Gasteiger partial charge in [0.1, 0.15) is 22.5 Å². The van der Waals surface area contributed by atoms with E-state index in [0.717, 1.165) is 21.4 Å². The molecule has 0 saturated heterocycles. The van der Waals surface area contributed by atoms with E-state index < -0.39 is 17.7 Å². The maximum absolute atomic E-state index is 13.0. The van der Waals surface area contributed by atoms with Crippen LogP contribution < -0.4 is 0 Å². The Hall–Kier alpha value is -3.48. The van der Waals surface area contributed by atoms with Crippen molar-refractivity contribution in [2.24, 2.45) is 0 Å². The molecule has 3 rings (SSSR count). The van der Waals surface area contributed by atoms with E-state index in [1.165, 1.54) is 6.08 Å². The summed E-state index contributed by atoms with van der Waals surface area (Å²) in [5.74, 6) is -0.797. The minimum absolute atomic E-state index is 0.138. The normalized spacial score (nSPS) is 11.1. The summed E-state index contributed by atoms with van der Waals surface area (Å²) in [4.78, 5) is 38.5. The highest BCUT2D eigenvalue weighted by atomic mass is 79.9. The first-order valence-electron chi connectivity index (χ1n) is 10.8. The van der Waals surface area contributed by atoms with Crippen LogP contribution in [0.3, 0.4) is 0 Å². The van der Waals surface area contributed by atoms with E-state index >= 15 is 0 Å². The Balaban J connectivity index is 1.90. The molecule has 9 heteroatoms. The van der Waals surface area contributed by atoms with Gasteiger partial charge in [0.2, 0.25) is 0 Å². The van der Waals surface area contributed by atoms with Crippen molar-refractivity contribution in [2.45, 2.75) is 27.2 Å². The van der Waals surface area contributed by atoms with Crippen LogP contribution in [0.5, 0.6) is 0 Å². The number of carbonyl (C=O) groups excluding carboxylic acids is 3. The number of halogens is 1. The Kier molecular flexibility index (Phi) is 8.79. The summed E-state index contributed by atoms with van der Waals surface area (Å²) in [7, 11) is 0. The number of furan rings is 1. The van der Waals surface area contributed by atoms with Gasteiger partial charge in [-0.3, -0.25) is 4.79 Å². The molecule has 0 radical (unpaired) electrons. The molecule has 35 heavy (non-hydrogen) atoms. The molecule has 180 valence electrons. The molecule has 3 aromatic rings. The molecule has 2 aromatic heterocycles. The van der Waals surface area contributed by atoms with Gasteiger partial charge in [0.15, 0.2) is 5.78 Å². The van der Waals surface area contributed by atoms with Crippen molar-refractivity contribution in [1.82, 2.24) is 0 Å². The molecule has 0 atom stereocenters. The molecular weight excluding hydrogens is 534 g/mol. The summed E-state index contributed by atoms with van der Waals surface area (Å²) >= 11 is 4.38. The smallest absolute Gasteiger partial charge is 0.348 e. The first-order chi connectivity index (χ1) is 16.8. The average molecular weight is 556 g/mol. The van der Waals surface area contributed by atoms with Gasteiger partial charge in [0, 0.05) is 27.4 Å². The number of ketones is 1. The molecule has 0 fully saturated rings. The molecule has 0 amide bonds. The minimum atomic E-state index is -0.632. The van der Waals surface area contributed by atoms with Gasteiger partial charge in [0.25, 0.3) is 0 Å². The fourth-order valence-corrected chi connectivity index (χ4v) is 4.77. The van der Waals surface area contributed by atoms with Crippen molar-refractivity contribution in [1.29, 1.82) is 5.26 Å². The van der Waals surface area contributed by atoms with E-state index in [9.17, 15) is 19.6 Å². The Morgan fingerprint density at radius 1 is 1.06 bits per heavy atom. The van der Waals surface area contributed by atoms with Crippen molar-refractivity contribution in [3.63, 3.8) is 0 Å². The Bertz CT molecular complexity index is 1330. The Labute approximate surface area is 215 Å². The van der Waals surface area contributed by atoms with Crippen molar-refractivity contribution in [3.05, 3.63) is 73.1 Å². The third kappa shape index (κ3) is 6.15. The first kappa shape index (κ1) is 26.1. The van der Waals surface area contributed by atoms with Crippen LogP contribution in [0.25, 0.3) is 17.4 Å². The second kappa shape index (κ2) is 11.8. The number of benzene rings is 1. The second-order valence-electron chi connectivity index (χ2n) is 7.27. The third-order valence-corrected chi connectivity index (χ3v) is 6.74. The number of thiophene rings is 1. The van der Waals surface area contributed by atoms with Gasteiger partial charge in [0.05, 0.1) is 24.4 Å². The summed E-state index contributed by atoms with van der Waals surface area (Å²) in [5.41, 5.74) is 1.25. The lowest BCUT2D eigenvalue weighted by atomic mass is 10.0. The van der Waals surface area contributed by atoms with Gasteiger partial charge in [-0.05, 0) is 50.6 Å². The molecular formula is C26H22BrNO6S. The molecule has 0 unspecified atom stereocenters. The minimum Gasteiger partial charge on any atom is -0.462 e. The standard InChI is InChI=1S/C26H22BrNO6S/c1-4-32-25(30)23-15(3)24(26(31)33-5-2)35-22(23)13-20(29)17(14-28)12-19-10-11-21(34-19)16-6-8-18(27)9-7-16/h6-12H,4-5,13H2,1-3H3/b17-12+. The van der Waals surface area contributed by atoms with Crippen LogP contribution in [0.2, 0.25) is 0 Å². The highest BCUT2D eigenvalue weighted by Gasteiger charge is 2.28. The summed E-state index contributed by atoms with van der Waals surface area (Å²) < 4.78 is 16.9. The van der Waals surface area contributed by atoms with Gasteiger partial charge < -0.3 is 13.9 Å². The Morgan fingerprint density at radius 2 is 1.71 bits per heavy atom. The average Bonchev–Trinajstić information content (AvgIpc) is 3.42. The van der Waals surface area contributed by atoms with Crippen molar-refractivity contribution >= 4 is 51.1 Å². The van der Waals surface area contributed by atoms with E-state index in [1.54, 1.807) is 32.9 Å². The molecule has 0 aliphatic carbocycles. The van der Waals surface area contributed by atoms with Crippen LogP contribution in [0.1, 0.15) is 50.1 Å². The number of ether oxygens (including phenoxy) is 2. The largest absolute Gasteiger partial charge is 0.462 e. The fourth-order valence-electron chi connectivity index (χ4n) is 3.32. The van der Waals surface area contributed by atoms with Crippen molar-refractivity contribution < 1.29 is 28.3 Å². The Morgan fingerprint density at radius 3 is 2.34 bits per heavy atom. The predicted molar refractivity (Wildman–Crippen MR) is 135 cm³/mol. The zero-order valence-electron chi connectivity index (χ0n) is 19.3.